The smallest absolute Gasteiger partial charge is 0.306 e. The second-order valence-electron chi connectivity index (χ2n) is 6.74. The van der Waals surface area contributed by atoms with Crippen LogP contribution in [0, 0.1) is 0 Å². The van der Waals surface area contributed by atoms with Crippen LogP contribution in [-0.4, -0.2) is 20.5 Å². The topological polar surface area (TPSA) is 50.2 Å². The van der Waals surface area contributed by atoms with Gasteiger partial charge in [-0.1, -0.05) is 59.1 Å². The molecule has 4 rings (SSSR count). The Hall–Kier alpha value is -2.99. The predicted octanol–water partition coefficient (Wildman–Crippen LogP) is 6.26. The van der Waals surface area contributed by atoms with Gasteiger partial charge < -0.3 is 4.57 Å². The molecule has 0 unspecified atom stereocenters. The molecule has 2 aromatic carbocycles. The van der Waals surface area contributed by atoms with E-state index in [0.717, 1.165) is 11.3 Å². The maximum atomic E-state index is 13.1. The van der Waals surface area contributed by atoms with Crippen LogP contribution < -0.4 is 5.43 Å². The summed E-state index contributed by atoms with van der Waals surface area (Å²) in [4.78, 5) is 17.7. The quantitative estimate of drug-likeness (QED) is 0.489. The minimum atomic E-state index is -0.370. The highest BCUT2D eigenvalue weighted by atomic mass is 35.5. The lowest BCUT2D eigenvalue weighted by molar-refractivity contribution is 0.0872. The zero-order valence-electron chi connectivity index (χ0n) is 16.4. The van der Waals surface area contributed by atoms with Crippen LogP contribution in [0.2, 0.25) is 15.1 Å². The summed E-state index contributed by atoms with van der Waals surface area (Å²) in [7, 11) is 1.79. The van der Waals surface area contributed by atoms with Crippen molar-refractivity contribution in [2.45, 2.75) is 0 Å². The fraction of sp³-hybridized carbons (Fsp3) is 0.0435. The standard InChI is InChI=1S/C23H17Cl3N4O/c1-29-21(15-6-8-16(24)9-7-15)20(18-11-10-17(25)14-19(18)26)27-22(29)23(31)28-30-12-4-2-3-5-13-30/h2-14H,1H3,(H,28,31). The molecular formula is C23H17Cl3N4O. The second kappa shape index (κ2) is 9.02. The normalized spacial score (nSPS) is 12.8. The van der Waals surface area contributed by atoms with Gasteiger partial charge in [0.25, 0.3) is 0 Å². The van der Waals surface area contributed by atoms with Crippen LogP contribution in [0.1, 0.15) is 10.6 Å². The number of rotatable bonds is 4. The SMILES string of the molecule is Cn1c(C(=O)NN2C=CC=CC=C2)nc(-c2ccc(Cl)cc2Cl)c1-c1ccc(Cl)cc1. The number of benzene rings is 2. The van der Waals surface area contributed by atoms with E-state index in [0.29, 0.717) is 26.3 Å². The van der Waals surface area contributed by atoms with Gasteiger partial charge in [0.2, 0.25) is 5.82 Å². The van der Waals surface area contributed by atoms with Crippen molar-refractivity contribution in [3.05, 3.63) is 100 Å². The maximum absolute atomic E-state index is 13.1. The predicted molar refractivity (Wildman–Crippen MR) is 126 cm³/mol. The fourth-order valence-electron chi connectivity index (χ4n) is 3.21. The number of hydrogen-bond donors (Lipinski definition) is 1. The van der Waals surface area contributed by atoms with Gasteiger partial charge in [-0.2, -0.15) is 0 Å². The largest absolute Gasteiger partial charge is 0.322 e. The first kappa shape index (κ1) is 21.2. The lowest BCUT2D eigenvalue weighted by Gasteiger charge is -2.16. The van der Waals surface area contributed by atoms with Crippen molar-refractivity contribution in [2.24, 2.45) is 7.05 Å². The van der Waals surface area contributed by atoms with Crippen LogP contribution >= 0.6 is 34.8 Å². The molecule has 0 radical (unpaired) electrons. The minimum absolute atomic E-state index is 0.227. The van der Waals surface area contributed by atoms with Crippen molar-refractivity contribution in [3.8, 4) is 22.5 Å². The van der Waals surface area contributed by atoms with Crippen molar-refractivity contribution in [3.63, 3.8) is 0 Å². The Balaban J connectivity index is 1.82. The number of amides is 1. The Kier molecular flexibility index (Phi) is 6.18. The van der Waals surface area contributed by atoms with Crippen LogP contribution in [0.15, 0.2) is 79.2 Å². The molecule has 5 nitrogen and oxygen atoms in total. The Labute approximate surface area is 194 Å². The highest BCUT2D eigenvalue weighted by Crippen LogP contribution is 2.37. The molecule has 1 N–H and O–H groups in total. The van der Waals surface area contributed by atoms with E-state index in [1.807, 2.05) is 36.4 Å². The summed E-state index contributed by atoms with van der Waals surface area (Å²) in [5, 5.41) is 3.14. The van der Waals surface area contributed by atoms with Gasteiger partial charge in [0.15, 0.2) is 0 Å². The van der Waals surface area contributed by atoms with Crippen molar-refractivity contribution in [2.75, 3.05) is 0 Å². The lowest BCUT2D eigenvalue weighted by Crippen LogP contribution is -2.36. The Morgan fingerprint density at radius 2 is 1.55 bits per heavy atom. The van der Waals surface area contributed by atoms with Gasteiger partial charge in [-0.3, -0.25) is 15.2 Å². The van der Waals surface area contributed by atoms with Crippen LogP contribution in [0.3, 0.4) is 0 Å². The third kappa shape index (κ3) is 4.54. The number of aromatic nitrogens is 2. The van der Waals surface area contributed by atoms with Crippen molar-refractivity contribution in [1.29, 1.82) is 0 Å². The van der Waals surface area contributed by atoms with Crippen molar-refractivity contribution in [1.82, 2.24) is 20.0 Å². The Morgan fingerprint density at radius 3 is 2.19 bits per heavy atom. The second-order valence-corrected chi connectivity index (χ2v) is 8.02. The summed E-state index contributed by atoms with van der Waals surface area (Å²) in [6.45, 7) is 0. The molecule has 0 atom stereocenters. The van der Waals surface area contributed by atoms with E-state index in [2.05, 4.69) is 10.4 Å². The molecule has 156 valence electrons. The first-order valence-corrected chi connectivity index (χ1v) is 10.5. The molecule has 0 aliphatic carbocycles. The number of nitrogens with zero attached hydrogens (tertiary/aromatic N) is 3. The highest BCUT2D eigenvalue weighted by molar-refractivity contribution is 6.36. The molecule has 1 amide bonds. The van der Waals surface area contributed by atoms with E-state index in [1.165, 1.54) is 0 Å². The molecule has 0 spiro atoms. The fourth-order valence-corrected chi connectivity index (χ4v) is 3.84. The molecule has 1 aliphatic rings. The first-order chi connectivity index (χ1) is 14.9. The average molecular weight is 472 g/mol. The van der Waals surface area contributed by atoms with E-state index in [4.69, 9.17) is 34.8 Å². The first-order valence-electron chi connectivity index (χ1n) is 9.33. The van der Waals surface area contributed by atoms with Gasteiger partial charge >= 0.3 is 5.91 Å². The molecule has 0 saturated carbocycles. The van der Waals surface area contributed by atoms with E-state index < -0.39 is 0 Å². The number of nitrogens with one attached hydrogen (secondary N) is 1. The van der Waals surface area contributed by atoms with E-state index >= 15 is 0 Å². The van der Waals surface area contributed by atoms with Gasteiger partial charge in [0.05, 0.1) is 16.4 Å². The van der Waals surface area contributed by atoms with E-state index in [-0.39, 0.29) is 11.7 Å². The zero-order chi connectivity index (χ0) is 22.0. The summed E-state index contributed by atoms with van der Waals surface area (Å²) < 4.78 is 1.74. The number of hydrogen-bond acceptors (Lipinski definition) is 3. The minimum Gasteiger partial charge on any atom is -0.322 e. The van der Waals surface area contributed by atoms with Gasteiger partial charge in [0.1, 0.15) is 0 Å². The number of allylic oxidation sites excluding steroid dienone is 4. The van der Waals surface area contributed by atoms with Gasteiger partial charge in [-0.05, 0) is 42.5 Å². The average Bonchev–Trinajstić information content (AvgIpc) is 2.89. The number of carbonyl (C=O) groups is 1. The van der Waals surface area contributed by atoms with Crippen LogP contribution in [0.4, 0.5) is 0 Å². The van der Waals surface area contributed by atoms with Crippen LogP contribution in [0.5, 0.6) is 0 Å². The summed E-state index contributed by atoms with van der Waals surface area (Å²) in [6.07, 6.45) is 10.8. The van der Waals surface area contributed by atoms with Gasteiger partial charge in [-0.15, -0.1) is 0 Å². The summed E-state index contributed by atoms with van der Waals surface area (Å²) in [5.41, 5.74) is 5.63. The molecule has 2 heterocycles. The summed E-state index contributed by atoms with van der Waals surface area (Å²) in [6, 6.07) is 12.5. The maximum Gasteiger partial charge on any atom is 0.306 e. The number of halogens is 3. The molecule has 0 fully saturated rings. The van der Waals surface area contributed by atoms with Crippen LogP contribution in [0.25, 0.3) is 22.5 Å². The molecule has 8 heteroatoms. The van der Waals surface area contributed by atoms with Crippen molar-refractivity contribution >= 4 is 40.7 Å². The third-order valence-corrected chi connectivity index (χ3v) is 5.46. The van der Waals surface area contributed by atoms with Gasteiger partial charge in [-0.25, -0.2) is 4.98 Å². The molecule has 31 heavy (non-hydrogen) atoms. The lowest BCUT2D eigenvalue weighted by atomic mass is 10.0. The molecule has 3 aromatic rings. The van der Waals surface area contributed by atoms with Crippen LogP contribution in [-0.2, 0) is 7.05 Å². The zero-order valence-corrected chi connectivity index (χ0v) is 18.7. The number of hydrazine groups is 1. The number of imidazole rings is 1. The number of carbonyl (C=O) groups excluding carboxylic acids is 1. The molecule has 1 aliphatic heterocycles. The third-order valence-electron chi connectivity index (χ3n) is 4.66. The monoisotopic (exact) mass is 470 g/mol. The van der Waals surface area contributed by atoms with E-state index in [9.17, 15) is 4.79 Å². The van der Waals surface area contributed by atoms with Gasteiger partial charge in [0, 0.05) is 40.6 Å². The molecule has 1 aromatic heterocycles. The highest BCUT2D eigenvalue weighted by Gasteiger charge is 2.24. The molecule has 0 saturated heterocycles. The summed E-state index contributed by atoms with van der Waals surface area (Å²) in [5.74, 6) is -0.143. The molecule has 0 bridgehead atoms. The van der Waals surface area contributed by atoms with E-state index in [1.54, 1.807) is 59.4 Å². The Morgan fingerprint density at radius 1 is 0.903 bits per heavy atom. The molecular weight excluding hydrogens is 455 g/mol. The van der Waals surface area contributed by atoms with Crippen molar-refractivity contribution < 1.29 is 4.79 Å². The Bertz CT molecular complexity index is 1210. The summed E-state index contributed by atoms with van der Waals surface area (Å²) >= 11 is 18.6.